The maximum absolute atomic E-state index is 12.8. The summed E-state index contributed by atoms with van der Waals surface area (Å²) in [6.45, 7) is 21.8. The highest BCUT2D eigenvalue weighted by molar-refractivity contribution is 6.61. The fourth-order valence-corrected chi connectivity index (χ4v) is 10.0. The highest BCUT2D eigenvalue weighted by Gasteiger charge is 2.60. The molecular weight excluding hydrogens is 1590 g/mol. The Kier molecular flexibility index (Phi) is 71.5. The summed E-state index contributed by atoms with van der Waals surface area (Å²) in [5.74, 6) is -1.90. The van der Waals surface area contributed by atoms with Crippen molar-refractivity contribution < 1.29 is 117 Å². The van der Waals surface area contributed by atoms with Crippen LogP contribution in [0.15, 0.2) is 157 Å². The Bertz CT molecular complexity index is 3600. The summed E-state index contributed by atoms with van der Waals surface area (Å²) in [6.07, 6.45) is -3.24. The highest BCUT2D eigenvalue weighted by atomic mass is 35.5. The third-order valence-corrected chi connectivity index (χ3v) is 16.5. The van der Waals surface area contributed by atoms with E-state index in [2.05, 4.69) is 26.8 Å². The number of nitrogens with zero attached hydrogens (tertiary/aromatic N) is 5. The van der Waals surface area contributed by atoms with Crippen molar-refractivity contribution in [2.75, 3.05) is 55.9 Å². The second-order valence-corrected chi connectivity index (χ2v) is 28.0. The van der Waals surface area contributed by atoms with Gasteiger partial charge >= 0.3 is 35.4 Å². The minimum Gasteiger partial charge on any atom is -0.481 e. The number of halogens is 1. The zero-order valence-electron chi connectivity index (χ0n) is 71.0. The summed E-state index contributed by atoms with van der Waals surface area (Å²) >= 11 is 4.97. The molecule has 15 N–H and O–H groups in total. The minimum absolute atomic E-state index is 0. The van der Waals surface area contributed by atoms with Crippen molar-refractivity contribution in [2.24, 2.45) is 40.3 Å². The number of aliphatic hydroxyl groups excluding tert-OH is 6. The largest absolute Gasteiger partial charge is 0.481 e. The number of aliphatic carboxylic acids is 2. The van der Waals surface area contributed by atoms with Crippen molar-refractivity contribution in [1.82, 2.24) is 24.9 Å². The Morgan fingerprint density at radius 3 is 1.12 bits per heavy atom. The van der Waals surface area contributed by atoms with Gasteiger partial charge in [0.05, 0.1) is 74.3 Å². The van der Waals surface area contributed by atoms with Crippen LogP contribution in [-0.4, -0.2) is 250 Å². The van der Waals surface area contributed by atoms with Gasteiger partial charge in [-0.15, -0.1) is 5.16 Å². The molecular formula is C86H140BClN9O24. The van der Waals surface area contributed by atoms with Gasteiger partial charge < -0.3 is 96.1 Å². The number of oxime groups is 1. The fraction of sp³-hybridized carbons (Fsp3) is 0.523. The first-order valence-corrected chi connectivity index (χ1v) is 37.8. The molecule has 3 radical (unpaired) electrons. The zero-order valence-corrected chi connectivity index (χ0v) is 71.8. The van der Waals surface area contributed by atoms with Gasteiger partial charge in [-0.1, -0.05) is 188 Å². The topological polar surface area (TPSA) is 503 Å². The number of rotatable bonds is 28. The average Bonchev–Trinajstić information content (AvgIpc) is 1.59. The first-order valence-electron chi connectivity index (χ1n) is 37.5. The fourth-order valence-electron chi connectivity index (χ4n) is 9.95. The van der Waals surface area contributed by atoms with Gasteiger partial charge in [0.2, 0.25) is 23.6 Å². The third-order valence-electron chi connectivity index (χ3n) is 16.4. The summed E-state index contributed by atoms with van der Waals surface area (Å²) in [5, 5.41) is 76.1. The number of benzene rings is 5. The van der Waals surface area contributed by atoms with Crippen LogP contribution in [0.1, 0.15) is 158 Å². The van der Waals surface area contributed by atoms with Gasteiger partial charge in [-0.2, -0.15) is 0 Å². The Morgan fingerprint density at radius 1 is 0.537 bits per heavy atom. The van der Waals surface area contributed by atoms with Gasteiger partial charge in [-0.25, -0.2) is 15.5 Å². The van der Waals surface area contributed by atoms with E-state index in [1.165, 1.54) is 42.4 Å². The van der Waals surface area contributed by atoms with Gasteiger partial charge in [0.25, 0.3) is 0 Å². The van der Waals surface area contributed by atoms with E-state index in [0.717, 1.165) is 34.9 Å². The molecule has 35 heteroatoms. The Morgan fingerprint density at radius 2 is 0.868 bits per heavy atom. The number of β-lactam (4-membered cyclic amide) rings is 1. The van der Waals surface area contributed by atoms with E-state index in [4.69, 9.17) is 73.5 Å². The van der Waals surface area contributed by atoms with Gasteiger partial charge in [0.1, 0.15) is 49.7 Å². The molecule has 1 spiro atoms. The third kappa shape index (κ3) is 54.1. The Labute approximate surface area is 723 Å². The number of esters is 2. The van der Waals surface area contributed by atoms with Crippen molar-refractivity contribution in [3.05, 3.63) is 179 Å². The number of hydrogen-bond acceptors (Lipinski definition) is 26. The van der Waals surface area contributed by atoms with Crippen LogP contribution in [0.4, 0.5) is 9.59 Å². The number of carbonyl (C=O) groups excluding carboxylic acids is 8. The van der Waals surface area contributed by atoms with Crippen LogP contribution in [0.25, 0.3) is 0 Å². The number of aliphatic hydroxyl groups is 6. The molecule has 5 amide bonds. The highest BCUT2D eigenvalue weighted by Crippen LogP contribution is 2.41. The monoisotopic (exact) mass is 1730 g/mol. The predicted molar refractivity (Wildman–Crippen MR) is 468 cm³/mol. The average molecular weight is 1730 g/mol. The molecule has 33 nitrogen and oxygen atoms in total. The van der Waals surface area contributed by atoms with Crippen molar-refractivity contribution >= 4 is 85.8 Å². The number of carboxylic acids is 2. The van der Waals surface area contributed by atoms with Gasteiger partial charge in [0, 0.05) is 82.2 Å². The van der Waals surface area contributed by atoms with Crippen LogP contribution in [0.3, 0.4) is 0 Å². The number of nitrogens with one attached hydrogen (secondary N) is 1. The van der Waals surface area contributed by atoms with Gasteiger partial charge in [-0.3, -0.25) is 48.1 Å². The molecule has 2 heterocycles. The van der Waals surface area contributed by atoms with Crippen molar-refractivity contribution in [3.8, 4) is 0 Å². The molecule has 12 atom stereocenters. The molecule has 2 aliphatic heterocycles. The normalized spacial score (nSPS) is 15.1. The van der Waals surface area contributed by atoms with Crippen molar-refractivity contribution in [1.29, 1.82) is 0 Å². The molecule has 121 heavy (non-hydrogen) atoms. The molecule has 2 fully saturated rings. The number of ether oxygens (including phenoxy) is 4. The summed E-state index contributed by atoms with van der Waals surface area (Å²) in [5.41, 5.74) is 12.8. The number of nitrogens with two attached hydrogens (primary N) is 3. The molecule has 5 aromatic carbocycles. The van der Waals surface area contributed by atoms with E-state index >= 15 is 0 Å². The van der Waals surface area contributed by atoms with Gasteiger partial charge in [0.15, 0.2) is 0 Å². The maximum atomic E-state index is 12.8. The summed E-state index contributed by atoms with van der Waals surface area (Å²) in [4.78, 5) is 129. The predicted octanol–water partition coefficient (Wildman–Crippen LogP) is 8.71. The first-order chi connectivity index (χ1) is 55.0. The lowest BCUT2D eigenvalue weighted by Gasteiger charge is -2.46. The lowest BCUT2D eigenvalue weighted by atomic mass is 9.88. The number of carbonyl (C=O) groups is 10. The van der Waals surface area contributed by atoms with Crippen LogP contribution in [0, 0.1) is 17.8 Å². The number of likely N-dealkylation sites (N-methyl/N-ethyl adjacent to an activating group) is 1. The van der Waals surface area contributed by atoms with Crippen LogP contribution in [-0.2, 0) is 100 Å². The second-order valence-electron chi connectivity index (χ2n) is 27.7. The SMILES string of the molecule is C.C.C.C=NOCc1ccccc1.CC.CO.C[C@@H](O)[C@H](CC(=O)OCc1ccccc1)C(=O)N(C)C.C[C@@H](O)[C@H](CC(=O)OCc1ccccc1)C(=O)O.C[C@@H](O)[C@H](CCC1CCC2(CNC2=O)N1C(=O)OC(C)(C)C)C(=O)N(C)C.C[C@@H](O)[C@H](N)C(=O)N(C)C.C[C@@H](O)[C@H](N)C(=O)O.NOCc1ccccc1.O=C(Cl)OCc1ccccc1.[B]. The van der Waals surface area contributed by atoms with Crippen LogP contribution in [0.2, 0.25) is 0 Å². The van der Waals surface area contributed by atoms with Crippen LogP contribution >= 0.6 is 11.6 Å². The standard InChI is InChI=1S/C19H33N3O5.C15H21NO4.C13H16O5.C8H7ClO2.C8H9NO.C7H9NO.C6H14N2O2.C4H9NO3.C2H6.CH4O.3CH4.B/c1-12(23)14(15(24)21(5)6)8-7-13-9-10-19(11-20-16(19)25)22(13)17(26)27-18(2,3)4;1-11(17)13(15(19)16(2)3)9-14(18)20-10-12-7-5-4-6-8-12;1-9(14)11(13(16)17)7-12(15)18-8-10-5-3-2-4-6-10;9-8(10)11-6-7-4-2-1-3-5-7;1-9-10-7-8-5-3-2-4-6-8;8-9-6-7-4-2-1-3-5-7;1-4(9)5(7)6(10)8(2)3;1-2(6)3(5)4(7)8;2*1-2;;;;/h12-14,23H,7-11H2,1-6H3,(H,20,25);4-8,11,13,17H,9-10H2,1-3H3;2-6,9,11,14H,7-8H2,1H3,(H,16,17);1-5H,6H2;2-6H,1,7H2;1-5H,6,8H2;4-5,9H,7H2,1-3H3;2-3,6H,5H2,1H3,(H,7,8);1-2H3;2H,1H3;3*1H4;/t12-,13?,14+,19?;11-,13+;9-,11+;;;;4-,5+;2-,3+;;;;;;/m111...11....../s1. The lowest BCUT2D eigenvalue weighted by Crippen LogP contribution is -2.72. The van der Waals surface area contributed by atoms with E-state index in [0.29, 0.717) is 45.4 Å². The Balaban J connectivity index is -0.000000251. The molecule has 683 valence electrons. The van der Waals surface area contributed by atoms with E-state index in [9.17, 15) is 63.3 Å². The van der Waals surface area contributed by atoms with Crippen molar-refractivity contribution in [3.63, 3.8) is 0 Å². The lowest BCUT2D eigenvalue weighted by molar-refractivity contribution is -0.155. The van der Waals surface area contributed by atoms with E-state index in [1.807, 2.05) is 153 Å². The van der Waals surface area contributed by atoms with Crippen LogP contribution in [0.5, 0.6) is 0 Å². The molecule has 7 rings (SSSR count). The number of likely N-dealkylation sites (tertiary alicyclic amines) is 1. The molecule has 0 saturated carbocycles. The number of carboxylic acid groups (broad SMARTS) is 2. The molecule has 5 aromatic rings. The maximum Gasteiger partial charge on any atom is 0.411 e. The zero-order chi connectivity index (χ0) is 90.1. The quantitative estimate of drug-likeness (QED) is 0.00423. The summed E-state index contributed by atoms with van der Waals surface area (Å²) < 4.78 is 20.2. The molecule has 2 unspecified atom stereocenters. The second kappa shape index (κ2) is 69.7. The minimum atomic E-state index is -1.21. The van der Waals surface area contributed by atoms with Crippen molar-refractivity contribution in [2.45, 2.75) is 223 Å². The van der Waals surface area contributed by atoms with Crippen LogP contribution < -0.4 is 22.7 Å². The van der Waals surface area contributed by atoms with Gasteiger partial charge in [-0.05, 0) is 109 Å². The van der Waals surface area contributed by atoms with E-state index in [-0.39, 0.29) is 93.0 Å². The smallest absolute Gasteiger partial charge is 0.411 e. The molecule has 2 aliphatic rings. The molecule has 0 aromatic heterocycles. The Hall–Kier alpha value is -9.98. The summed E-state index contributed by atoms with van der Waals surface area (Å²) in [7, 11) is 10.7. The molecule has 0 bridgehead atoms. The summed E-state index contributed by atoms with van der Waals surface area (Å²) in [6, 6.07) is 45.2. The first kappa shape index (κ1) is 124. The number of hydrogen-bond donors (Lipinski definition) is 12. The van der Waals surface area contributed by atoms with E-state index in [1.54, 1.807) is 87.0 Å². The molecule has 2 saturated heterocycles. The molecule has 0 aliphatic carbocycles. The number of amides is 5. The van der Waals surface area contributed by atoms with E-state index < -0.39 is 107 Å².